The number of aryl methyl sites for hydroxylation is 2. The van der Waals surface area contributed by atoms with Gasteiger partial charge < -0.3 is 4.74 Å². The molecule has 0 spiro atoms. The second kappa shape index (κ2) is 7.14. The van der Waals surface area contributed by atoms with Gasteiger partial charge >= 0.3 is 0 Å². The van der Waals surface area contributed by atoms with Crippen molar-refractivity contribution >= 4 is 10.0 Å². The fraction of sp³-hybridized carbons (Fsp3) is 0.368. The van der Waals surface area contributed by atoms with E-state index >= 15 is 0 Å². The first-order chi connectivity index (χ1) is 11.9. The minimum atomic E-state index is -3.82. The molecule has 0 radical (unpaired) electrons. The Morgan fingerprint density at radius 1 is 1.08 bits per heavy atom. The molecule has 0 saturated carbocycles. The fourth-order valence-electron chi connectivity index (χ4n) is 3.21. The molecule has 134 valence electrons. The summed E-state index contributed by atoms with van der Waals surface area (Å²) in [6, 6.07) is 9.35. The van der Waals surface area contributed by atoms with E-state index in [1.54, 1.807) is 6.92 Å². The minimum Gasteiger partial charge on any atom is -0.494 e. The number of rotatable bonds is 5. The molecule has 1 N–H and O–H groups in total. The number of methoxy groups -OCH3 is 1. The molecule has 1 unspecified atom stereocenters. The molecule has 2 aromatic rings. The number of nitrogens with one attached hydrogen (secondary N) is 1. The van der Waals surface area contributed by atoms with Crippen LogP contribution in [0, 0.1) is 5.82 Å². The molecule has 0 saturated heterocycles. The van der Waals surface area contributed by atoms with Crippen LogP contribution in [0.2, 0.25) is 0 Å². The first-order valence-corrected chi connectivity index (χ1v) is 9.86. The summed E-state index contributed by atoms with van der Waals surface area (Å²) in [6.07, 6.45) is 4.49. The smallest absolute Gasteiger partial charge is 0.241 e. The maximum atomic E-state index is 13.8. The Bertz CT molecular complexity index is 880. The molecule has 0 fully saturated rings. The molecule has 0 aromatic heterocycles. The molecule has 2 aromatic carbocycles. The third-order valence-corrected chi connectivity index (χ3v) is 6.18. The number of hydrogen-bond acceptors (Lipinski definition) is 3. The maximum absolute atomic E-state index is 13.8. The van der Waals surface area contributed by atoms with E-state index in [4.69, 9.17) is 4.74 Å². The minimum absolute atomic E-state index is 0.0154. The van der Waals surface area contributed by atoms with E-state index in [0.717, 1.165) is 24.5 Å². The van der Waals surface area contributed by atoms with Crippen molar-refractivity contribution in [3.05, 3.63) is 58.9 Å². The quantitative estimate of drug-likeness (QED) is 0.880. The highest BCUT2D eigenvalue weighted by molar-refractivity contribution is 7.89. The van der Waals surface area contributed by atoms with Crippen molar-refractivity contribution in [3.63, 3.8) is 0 Å². The SMILES string of the molecule is COc1ccc(S(=O)(=O)NC(C)c2ccc3c(c2)CCCC3)cc1F. The van der Waals surface area contributed by atoms with Gasteiger partial charge in [-0.15, -0.1) is 0 Å². The first-order valence-electron chi connectivity index (χ1n) is 8.38. The van der Waals surface area contributed by atoms with Gasteiger partial charge in [0.2, 0.25) is 10.0 Å². The molecule has 0 heterocycles. The highest BCUT2D eigenvalue weighted by Crippen LogP contribution is 2.26. The topological polar surface area (TPSA) is 55.4 Å². The summed E-state index contributed by atoms with van der Waals surface area (Å²) in [5.74, 6) is -0.687. The molecule has 0 aliphatic heterocycles. The Balaban J connectivity index is 1.81. The molecule has 6 heteroatoms. The molecule has 25 heavy (non-hydrogen) atoms. The lowest BCUT2D eigenvalue weighted by molar-refractivity contribution is 0.385. The number of hydrogen-bond donors (Lipinski definition) is 1. The molecule has 1 atom stereocenters. The third-order valence-electron chi connectivity index (χ3n) is 4.64. The van der Waals surface area contributed by atoms with E-state index in [0.29, 0.717) is 0 Å². The monoisotopic (exact) mass is 363 g/mol. The lowest BCUT2D eigenvalue weighted by Gasteiger charge is -2.20. The van der Waals surface area contributed by atoms with Crippen LogP contribution in [0.25, 0.3) is 0 Å². The largest absolute Gasteiger partial charge is 0.494 e. The number of fused-ring (bicyclic) bond motifs is 1. The van der Waals surface area contributed by atoms with Gasteiger partial charge in [-0.1, -0.05) is 18.2 Å². The van der Waals surface area contributed by atoms with Crippen LogP contribution in [-0.4, -0.2) is 15.5 Å². The van der Waals surface area contributed by atoms with Gasteiger partial charge in [0.1, 0.15) is 0 Å². The molecule has 3 rings (SSSR count). The number of ether oxygens (including phenoxy) is 1. The van der Waals surface area contributed by atoms with Crippen LogP contribution in [0.4, 0.5) is 4.39 Å². The van der Waals surface area contributed by atoms with E-state index in [1.165, 1.54) is 43.2 Å². The van der Waals surface area contributed by atoms with Crippen LogP contribution in [0.5, 0.6) is 5.75 Å². The van der Waals surface area contributed by atoms with E-state index in [1.807, 2.05) is 6.07 Å². The summed E-state index contributed by atoms with van der Waals surface area (Å²) in [7, 11) is -2.49. The molecule has 1 aliphatic carbocycles. The Kier molecular flexibility index (Phi) is 5.11. The second-order valence-electron chi connectivity index (χ2n) is 6.37. The predicted molar refractivity (Wildman–Crippen MR) is 94.8 cm³/mol. The molecular formula is C19H22FNO3S. The normalized spacial score (nSPS) is 15.5. The Labute approximate surface area is 148 Å². The fourth-order valence-corrected chi connectivity index (χ4v) is 4.45. The van der Waals surface area contributed by atoms with Gasteiger partial charge in [0, 0.05) is 6.04 Å². The highest BCUT2D eigenvalue weighted by Gasteiger charge is 2.21. The highest BCUT2D eigenvalue weighted by atomic mass is 32.2. The standard InChI is InChI=1S/C19H22FNO3S/c1-13(15-8-7-14-5-3-4-6-16(14)11-15)21-25(22,23)17-9-10-19(24-2)18(20)12-17/h7-13,21H,3-6H2,1-2H3. The lowest BCUT2D eigenvalue weighted by atomic mass is 9.89. The average molecular weight is 363 g/mol. The summed E-state index contributed by atoms with van der Waals surface area (Å²) in [6.45, 7) is 1.79. The first kappa shape index (κ1) is 17.9. The molecule has 1 aliphatic rings. The van der Waals surface area contributed by atoms with E-state index in [-0.39, 0.29) is 10.6 Å². The van der Waals surface area contributed by atoms with Gasteiger partial charge in [0.25, 0.3) is 0 Å². The molecule has 4 nitrogen and oxygen atoms in total. The van der Waals surface area contributed by atoms with E-state index in [2.05, 4.69) is 16.9 Å². The number of benzene rings is 2. The summed E-state index contributed by atoms with van der Waals surface area (Å²) < 4.78 is 46.3. The van der Waals surface area contributed by atoms with E-state index < -0.39 is 21.9 Å². The van der Waals surface area contributed by atoms with Crippen LogP contribution < -0.4 is 9.46 Å². The summed E-state index contributed by atoms with van der Waals surface area (Å²) in [4.78, 5) is -0.115. The van der Waals surface area contributed by atoms with Crippen LogP contribution in [-0.2, 0) is 22.9 Å². The Morgan fingerprint density at radius 3 is 2.48 bits per heavy atom. The van der Waals surface area contributed by atoms with Crippen LogP contribution in [0.15, 0.2) is 41.3 Å². The predicted octanol–water partition coefficient (Wildman–Crippen LogP) is 3.75. The van der Waals surface area contributed by atoms with Crippen LogP contribution in [0.1, 0.15) is 42.5 Å². The molecule has 0 bridgehead atoms. The van der Waals surface area contributed by atoms with Crippen molar-refractivity contribution in [2.45, 2.75) is 43.5 Å². The van der Waals surface area contributed by atoms with Crippen molar-refractivity contribution in [1.29, 1.82) is 0 Å². The van der Waals surface area contributed by atoms with Gasteiger partial charge in [0.05, 0.1) is 12.0 Å². The summed E-state index contributed by atoms with van der Waals surface area (Å²) in [5.41, 5.74) is 3.56. The second-order valence-corrected chi connectivity index (χ2v) is 8.09. The van der Waals surface area contributed by atoms with Crippen LogP contribution in [0.3, 0.4) is 0 Å². The van der Waals surface area contributed by atoms with Crippen molar-refractivity contribution < 1.29 is 17.5 Å². The van der Waals surface area contributed by atoms with Crippen molar-refractivity contribution in [2.24, 2.45) is 0 Å². The van der Waals surface area contributed by atoms with Crippen molar-refractivity contribution in [1.82, 2.24) is 4.72 Å². The number of halogens is 1. The zero-order valence-electron chi connectivity index (χ0n) is 14.4. The van der Waals surface area contributed by atoms with Crippen LogP contribution >= 0.6 is 0 Å². The third kappa shape index (κ3) is 3.85. The zero-order chi connectivity index (χ0) is 18.0. The lowest BCUT2D eigenvalue weighted by Crippen LogP contribution is -2.27. The molecule has 0 amide bonds. The van der Waals surface area contributed by atoms with Gasteiger partial charge in [-0.3, -0.25) is 0 Å². The summed E-state index contributed by atoms with van der Waals surface area (Å²) in [5, 5.41) is 0. The van der Waals surface area contributed by atoms with Gasteiger partial charge in [0.15, 0.2) is 11.6 Å². The average Bonchev–Trinajstić information content (AvgIpc) is 2.60. The zero-order valence-corrected chi connectivity index (χ0v) is 15.2. The molecular weight excluding hydrogens is 341 g/mol. The van der Waals surface area contributed by atoms with Gasteiger partial charge in [-0.25, -0.2) is 17.5 Å². The number of sulfonamides is 1. The van der Waals surface area contributed by atoms with Crippen molar-refractivity contribution in [2.75, 3.05) is 7.11 Å². The van der Waals surface area contributed by atoms with E-state index in [9.17, 15) is 12.8 Å². The van der Waals surface area contributed by atoms with Crippen molar-refractivity contribution in [3.8, 4) is 5.75 Å². The maximum Gasteiger partial charge on any atom is 0.241 e. The Hall–Kier alpha value is -1.92. The summed E-state index contributed by atoms with van der Waals surface area (Å²) >= 11 is 0. The van der Waals surface area contributed by atoms with Gasteiger partial charge in [-0.05, 0) is 67.5 Å². The van der Waals surface area contributed by atoms with Gasteiger partial charge in [-0.2, -0.15) is 0 Å². The Morgan fingerprint density at radius 2 is 1.80 bits per heavy atom.